The number of hydrogen-bond acceptors (Lipinski definition) is 2. The van der Waals surface area contributed by atoms with Crippen LogP contribution in [0.3, 0.4) is 0 Å². The van der Waals surface area contributed by atoms with Crippen molar-refractivity contribution >= 4 is 23.2 Å². The van der Waals surface area contributed by atoms with E-state index in [4.69, 9.17) is 11.6 Å². The zero-order valence-corrected chi connectivity index (χ0v) is 13.7. The van der Waals surface area contributed by atoms with Gasteiger partial charge in [-0.3, -0.25) is 4.79 Å². The normalized spacial score (nSPS) is 10.3. The van der Waals surface area contributed by atoms with E-state index in [0.717, 1.165) is 21.8 Å². The molecule has 0 spiro atoms. The smallest absolute Gasteiger partial charge is 0.222 e. The van der Waals surface area contributed by atoms with Crippen molar-refractivity contribution in [3.8, 4) is 0 Å². The summed E-state index contributed by atoms with van der Waals surface area (Å²) >= 11 is 6.06. The number of aryl methyl sites for hydroxylation is 2. The molecule has 0 aliphatic carbocycles. The van der Waals surface area contributed by atoms with E-state index < -0.39 is 0 Å². The monoisotopic (exact) mass is 316 g/mol. The van der Waals surface area contributed by atoms with Crippen LogP contribution in [-0.4, -0.2) is 12.5 Å². The second kappa shape index (κ2) is 7.85. The van der Waals surface area contributed by atoms with E-state index in [1.165, 1.54) is 5.56 Å². The summed E-state index contributed by atoms with van der Waals surface area (Å²) in [7, 11) is 0. The molecule has 0 atom stereocenters. The minimum atomic E-state index is 0.0336. The van der Waals surface area contributed by atoms with Gasteiger partial charge in [-0.25, -0.2) is 0 Å². The molecule has 22 heavy (non-hydrogen) atoms. The fourth-order valence-electron chi connectivity index (χ4n) is 2.02. The molecule has 0 saturated heterocycles. The van der Waals surface area contributed by atoms with Crippen LogP contribution in [0.25, 0.3) is 0 Å². The van der Waals surface area contributed by atoms with Crippen molar-refractivity contribution in [3.05, 3.63) is 64.2 Å². The maximum absolute atomic E-state index is 11.8. The van der Waals surface area contributed by atoms with E-state index in [9.17, 15) is 4.79 Å². The molecule has 2 aromatic carbocycles. The molecule has 0 aliphatic heterocycles. The molecule has 0 radical (unpaired) electrons. The molecule has 1 amide bonds. The zero-order valence-electron chi connectivity index (χ0n) is 12.9. The molecular formula is C18H21ClN2O. The highest BCUT2D eigenvalue weighted by Crippen LogP contribution is 2.19. The topological polar surface area (TPSA) is 41.1 Å². The molecule has 2 aromatic rings. The fraction of sp³-hybridized carbons (Fsp3) is 0.278. The molecule has 0 bridgehead atoms. The lowest BCUT2D eigenvalue weighted by Gasteiger charge is -2.09. The first-order valence-corrected chi connectivity index (χ1v) is 7.74. The van der Waals surface area contributed by atoms with E-state index in [1.807, 2.05) is 56.3 Å². The van der Waals surface area contributed by atoms with Crippen molar-refractivity contribution in [2.75, 3.05) is 11.9 Å². The molecular weight excluding hydrogens is 296 g/mol. The Morgan fingerprint density at radius 3 is 2.50 bits per heavy atom. The van der Waals surface area contributed by atoms with Crippen LogP contribution in [0.15, 0.2) is 42.5 Å². The highest BCUT2D eigenvalue weighted by Gasteiger charge is 2.02. The summed E-state index contributed by atoms with van der Waals surface area (Å²) in [6.07, 6.45) is 0.428. The molecule has 0 saturated carbocycles. The molecule has 0 aliphatic rings. The van der Waals surface area contributed by atoms with Crippen molar-refractivity contribution in [1.82, 2.24) is 5.32 Å². The second-order valence-electron chi connectivity index (χ2n) is 5.40. The average Bonchev–Trinajstić information content (AvgIpc) is 2.50. The molecule has 4 heteroatoms. The van der Waals surface area contributed by atoms with Gasteiger partial charge in [-0.2, -0.15) is 0 Å². The maximum atomic E-state index is 11.8. The Kier molecular flexibility index (Phi) is 5.84. The van der Waals surface area contributed by atoms with E-state index in [0.29, 0.717) is 19.5 Å². The lowest BCUT2D eigenvalue weighted by Crippen LogP contribution is -2.24. The average molecular weight is 317 g/mol. The first-order chi connectivity index (χ1) is 10.5. The molecule has 2 N–H and O–H groups in total. The second-order valence-corrected chi connectivity index (χ2v) is 5.81. The van der Waals surface area contributed by atoms with Crippen LogP contribution in [0.4, 0.5) is 5.69 Å². The van der Waals surface area contributed by atoms with Crippen LogP contribution < -0.4 is 10.6 Å². The number of carbonyl (C=O) groups excluding carboxylic acids is 1. The predicted octanol–water partition coefficient (Wildman–Crippen LogP) is 4.08. The van der Waals surface area contributed by atoms with E-state index in [2.05, 4.69) is 10.6 Å². The Morgan fingerprint density at radius 2 is 1.82 bits per heavy atom. The minimum absolute atomic E-state index is 0.0336. The summed E-state index contributed by atoms with van der Waals surface area (Å²) in [6, 6.07) is 14.0. The maximum Gasteiger partial charge on any atom is 0.222 e. The first-order valence-electron chi connectivity index (χ1n) is 7.37. The lowest BCUT2D eigenvalue weighted by atomic mass is 10.1. The standard InChI is InChI=1S/C18H21ClN2O/c1-13-3-6-15(7-4-13)12-21-18(22)9-10-20-16-8-5-14(2)17(19)11-16/h3-8,11,20H,9-10,12H2,1-2H3,(H,21,22). The number of amides is 1. The van der Waals surface area contributed by atoms with Gasteiger partial charge in [0, 0.05) is 30.2 Å². The number of halogens is 1. The van der Waals surface area contributed by atoms with Gasteiger partial charge in [-0.1, -0.05) is 47.5 Å². The third kappa shape index (κ3) is 5.08. The Labute approximate surface area is 136 Å². The number of carbonyl (C=O) groups is 1. The molecule has 0 heterocycles. The van der Waals surface area contributed by atoms with Gasteiger partial charge in [-0.15, -0.1) is 0 Å². The van der Waals surface area contributed by atoms with Crippen LogP contribution >= 0.6 is 11.6 Å². The Bertz CT molecular complexity index is 638. The van der Waals surface area contributed by atoms with Gasteiger partial charge in [0.15, 0.2) is 0 Å². The van der Waals surface area contributed by atoms with E-state index in [-0.39, 0.29) is 5.91 Å². The fourth-order valence-corrected chi connectivity index (χ4v) is 2.20. The van der Waals surface area contributed by atoms with Crippen LogP contribution in [0, 0.1) is 13.8 Å². The van der Waals surface area contributed by atoms with Crippen LogP contribution in [-0.2, 0) is 11.3 Å². The summed E-state index contributed by atoms with van der Waals surface area (Å²) in [6.45, 7) is 5.16. The Morgan fingerprint density at radius 1 is 1.09 bits per heavy atom. The predicted molar refractivity (Wildman–Crippen MR) is 92.3 cm³/mol. The molecule has 3 nitrogen and oxygen atoms in total. The summed E-state index contributed by atoms with van der Waals surface area (Å²) in [5.41, 5.74) is 4.30. The van der Waals surface area contributed by atoms with E-state index >= 15 is 0 Å². The quantitative estimate of drug-likeness (QED) is 0.843. The molecule has 0 fully saturated rings. The van der Waals surface area contributed by atoms with Crippen LogP contribution in [0.5, 0.6) is 0 Å². The molecule has 116 valence electrons. The van der Waals surface area contributed by atoms with Crippen LogP contribution in [0.2, 0.25) is 5.02 Å². The number of rotatable bonds is 6. The molecule has 2 rings (SSSR count). The summed E-state index contributed by atoms with van der Waals surface area (Å²) < 4.78 is 0. The SMILES string of the molecule is Cc1ccc(CNC(=O)CCNc2ccc(C)c(Cl)c2)cc1. The number of benzene rings is 2. The summed E-state index contributed by atoms with van der Waals surface area (Å²) in [5, 5.41) is 6.85. The molecule has 0 unspecified atom stereocenters. The zero-order chi connectivity index (χ0) is 15.9. The van der Waals surface area contributed by atoms with Crippen molar-refractivity contribution < 1.29 is 4.79 Å². The van der Waals surface area contributed by atoms with E-state index in [1.54, 1.807) is 0 Å². The summed E-state index contributed by atoms with van der Waals surface area (Å²) in [4.78, 5) is 11.8. The number of hydrogen-bond donors (Lipinski definition) is 2. The van der Waals surface area contributed by atoms with Crippen molar-refractivity contribution in [1.29, 1.82) is 0 Å². The third-order valence-electron chi connectivity index (χ3n) is 3.46. The highest BCUT2D eigenvalue weighted by atomic mass is 35.5. The first kappa shape index (κ1) is 16.4. The van der Waals surface area contributed by atoms with Gasteiger partial charge in [0.05, 0.1) is 0 Å². The lowest BCUT2D eigenvalue weighted by molar-refractivity contribution is -0.121. The van der Waals surface area contributed by atoms with Gasteiger partial charge in [0.2, 0.25) is 5.91 Å². The number of nitrogens with one attached hydrogen (secondary N) is 2. The van der Waals surface area contributed by atoms with Gasteiger partial charge < -0.3 is 10.6 Å². The Balaban J connectivity index is 1.71. The van der Waals surface area contributed by atoms with Gasteiger partial charge in [0.25, 0.3) is 0 Å². The third-order valence-corrected chi connectivity index (χ3v) is 3.87. The van der Waals surface area contributed by atoms with Crippen molar-refractivity contribution in [2.45, 2.75) is 26.8 Å². The van der Waals surface area contributed by atoms with Gasteiger partial charge in [-0.05, 0) is 37.1 Å². The largest absolute Gasteiger partial charge is 0.384 e. The van der Waals surface area contributed by atoms with Gasteiger partial charge in [0.1, 0.15) is 0 Å². The van der Waals surface area contributed by atoms with Gasteiger partial charge >= 0.3 is 0 Å². The molecule has 0 aromatic heterocycles. The number of anilines is 1. The van der Waals surface area contributed by atoms with Crippen molar-refractivity contribution in [3.63, 3.8) is 0 Å². The highest BCUT2D eigenvalue weighted by molar-refractivity contribution is 6.31. The van der Waals surface area contributed by atoms with Crippen molar-refractivity contribution in [2.24, 2.45) is 0 Å². The van der Waals surface area contributed by atoms with Crippen LogP contribution in [0.1, 0.15) is 23.1 Å². The minimum Gasteiger partial charge on any atom is -0.384 e. The Hall–Kier alpha value is -2.00. The summed E-state index contributed by atoms with van der Waals surface area (Å²) in [5.74, 6) is 0.0336.